The maximum atomic E-state index is 11.5. The van der Waals surface area contributed by atoms with Gasteiger partial charge in [0.1, 0.15) is 5.78 Å². The van der Waals surface area contributed by atoms with Crippen LogP contribution in [0.1, 0.15) is 24.5 Å². The molecule has 1 aromatic carbocycles. The van der Waals surface area contributed by atoms with Gasteiger partial charge in [0, 0.05) is 35.0 Å². The zero-order valence-electron chi connectivity index (χ0n) is 9.73. The van der Waals surface area contributed by atoms with E-state index >= 15 is 0 Å². The van der Waals surface area contributed by atoms with E-state index in [9.17, 15) is 4.79 Å². The summed E-state index contributed by atoms with van der Waals surface area (Å²) in [6.07, 6.45) is 2.47. The number of carbonyl (C=O) groups is 1. The number of benzene rings is 1. The molecule has 1 aliphatic rings. The van der Waals surface area contributed by atoms with E-state index in [0.29, 0.717) is 24.5 Å². The molecule has 3 rings (SSSR count). The average molecular weight is 262 g/mol. The van der Waals surface area contributed by atoms with Crippen molar-refractivity contribution in [2.75, 3.05) is 6.61 Å². The molecule has 1 atom stereocenters. The van der Waals surface area contributed by atoms with Crippen molar-refractivity contribution in [2.45, 2.75) is 18.9 Å². The first-order valence-corrected chi connectivity index (χ1v) is 6.30. The third-order valence-electron chi connectivity index (χ3n) is 3.21. The van der Waals surface area contributed by atoms with Crippen LogP contribution in [0.3, 0.4) is 0 Å². The van der Waals surface area contributed by atoms with Gasteiger partial charge in [-0.25, -0.2) is 0 Å². The molecule has 0 radical (unpaired) electrons. The summed E-state index contributed by atoms with van der Waals surface area (Å²) in [5.41, 5.74) is 1.77. The van der Waals surface area contributed by atoms with Crippen LogP contribution >= 0.6 is 11.6 Å². The number of Topliss-reactive ketones (excluding diaryl/α,β-unsaturated/α-hetero) is 1. The summed E-state index contributed by atoms with van der Waals surface area (Å²) >= 11 is 6.15. The Morgan fingerprint density at radius 2 is 2.22 bits per heavy atom. The Balaban J connectivity index is 2.11. The molecular weight excluding hydrogens is 250 g/mol. The van der Waals surface area contributed by atoms with Gasteiger partial charge in [-0.05, 0) is 18.2 Å². The Hall–Kier alpha value is -1.45. The van der Waals surface area contributed by atoms with Crippen LogP contribution in [0.5, 0.6) is 0 Å². The fourth-order valence-electron chi connectivity index (χ4n) is 2.30. The van der Waals surface area contributed by atoms with E-state index in [2.05, 4.69) is 4.98 Å². The minimum absolute atomic E-state index is 0.194. The van der Waals surface area contributed by atoms with Crippen LogP contribution in [0.15, 0.2) is 30.5 Å². The molecule has 0 saturated carbocycles. The van der Waals surface area contributed by atoms with Crippen LogP contribution in [-0.4, -0.2) is 17.4 Å². The molecule has 18 heavy (non-hydrogen) atoms. The predicted molar refractivity (Wildman–Crippen MR) is 69.7 cm³/mol. The van der Waals surface area contributed by atoms with Crippen molar-refractivity contribution in [3.05, 3.63) is 41.0 Å². The molecule has 2 heterocycles. The third kappa shape index (κ3) is 2.00. The molecule has 0 spiro atoms. The highest BCUT2D eigenvalue weighted by Gasteiger charge is 2.24. The van der Waals surface area contributed by atoms with Crippen LogP contribution in [0.2, 0.25) is 5.02 Å². The number of ketones is 1. The Bertz CT molecular complexity index is 612. The van der Waals surface area contributed by atoms with Crippen molar-refractivity contribution >= 4 is 28.3 Å². The van der Waals surface area contributed by atoms with Gasteiger partial charge >= 0.3 is 0 Å². The highest BCUT2D eigenvalue weighted by atomic mass is 35.5. The van der Waals surface area contributed by atoms with Crippen LogP contribution < -0.4 is 0 Å². The first-order chi connectivity index (χ1) is 8.75. The van der Waals surface area contributed by atoms with Crippen molar-refractivity contribution in [3.8, 4) is 0 Å². The molecule has 1 fully saturated rings. The Kier molecular flexibility index (Phi) is 3.02. The van der Waals surface area contributed by atoms with Crippen molar-refractivity contribution in [2.24, 2.45) is 0 Å². The summed E-state index contributed by atoms with van der Waals surface area (Å²) in [7, 11) is 0. The van der Waals surface area contributed by atoms with Crippen LogP contribution in [0.4, 0.5) is 0 Å². The Morgan fingerprint density at radius 1 is 1.33 bits per heavy atom. The summed E-state index contributed by atoms with van der Waals surface area (Å²) in [6, 6.07) is 7.52. The van der Waals surface area contributed by atoms with Gasteiger partial charge in [0.2, 0.25) is 0 Å². The Labute approximate surface area is 110 Å². The molecule has 4 heteroatoms. The number of hydrogen-bond donors (Lipinski definition) is 0. The van der Waals surface area contributed by atoms with E-state index in [1.807, 2.05) is 24.3 Å². The lowest BCUT2D eigenvalue weighted by Gasteiger charge is -2.23. The molecule has 1 aliphatic heterocycles. The van der Waals surface area contributed by atoms with Crippen molar-refractivity contribution in [1.29, 1.82) is 0 Å². The summed E-state index contributed by atoms with van der Waals surface area (Å²) in [5.74, 6) is 0.241. The van der Waals surface area contributed by atoms with Gasteiger partial charge in [0.15, 0.2) is 0 Å². The molecule has 1 unspecified atom stereocenters. The third-order valence-corrected chi connectivity index (χ3v) is 3.54. The average Bonchev–Trinajstić information content (AvgIpc) is 2.39. The second-order valence-electron chi connectivity index (χ2n) is 4.39. The van der Waals surface area contributed by atoms with E-state index in [-0.39, 0.29) is 11.9 Å². The molecule has 0 N–H and O–H groups in total. The van der Waals surface area contributed by atoms with E-state index in [4.69, 9.17) is 16.3 Å². The van der Waals surface area contributed by atoms with Crippen molar-refractivity contribution in [3.63, 3.8) is 0 Å². The molecule has 0 amide bonds. The van der Waals surface area contributed by atoms with Gasteiger partial charge in [0.25, 0.3) is 0 Å². The zero-order chi connectivity index (χ0) is 12.5. The number of carbonyl (C=O) groups excluding carboxylic acids is 1. The second-order valence-corrected chi connectivity index (χ2v) is 4.80. The fourth-order valence-corrected chi connectivity index (χ4v) is 2.52. The Morgan fingerprint density at radius 3 is 3.06 bits per heavy atom. The van der Waals surface area contributed by atoms with Gasteiger partial charge in [0.05, 0.1) is 18.2 Å². The number of halogens is 1. The van der Waals surface area contributed by atoms with E-state index in [0.717, 1.165) is 16.5 Å². The van der Waals surface area contributed by atoms with E-state index in [1.165, 1.54) is 0 Å². The first-order valence-electron chi connectivity index (χ1n) is 5.92. The molecule has 1 aromatic heterocycles. The summed E-state index contributed by atoms with van der Waals surface area (Å²) < 4.78 is 5.68. The molecule has 2 aromatic rings. The number of pyridine rings is 1. The number of rotatable bonds is 1. The van der Waals surface area contributed by atoms with Crippen LogP contribution in [-0.2, 0) is 9.53 Å². The molecule has 1 saturated heterocycles. The highest BCUT2D eigenvalue weighted by Crippen LogP contribution is 2.33. The standard InChI is InChI=1S/C14H12ClNO2/c15-12-4-3-11(13-8-9(17)5-7-18-13)14-10(12)2-1-6-16-14/h1-4,6,13H,5,7-8H2. The SMILES string of the molecule is O=C1CCOC(c2ccc(Cl)c3cccnc23)C1. The summed E-state index contributed by atoms with van der Waals surface area (Å²) in [5, 5.41) is 1.57. The minimum atomic E-state index is -0.194. The van der Waals surface area contributed by atoms with Crippen LogP contribution in [0, 0.1) is 0 Å². The molecule has 3 nitrogen and oxygen atoms in total. The first kappa shape index (κ1) is 11.6. The lowest BCUT2D eigenvalue weighted by atomic mass is 9.98. The number of fused-ring (bicyclic) bond motifs is 1. The predicted octanol–water partition coefficient (Wildman–Crippen LogP) is 3.31. The molecule has 0 bridgehead atoms. The second kappa shape index (κ2) is 4.67. The molecule has 0 aliphatic carbocycles. The van der Waals surface area contributed by atoms with Crippen LogP contribution in [0.25, 0.3) is 10.9 Å². The quantitative estimate of drug-likeness (QED) is 0.791. The zero-order valence-corrected chi connectivity index (χ0v) is 10.5. The summed E-state index contributed by atoms with van der Waals surface area (Å²) in [6.45, 7) is 0.487. The topological polar surface area (TPSA) is 39.2 Å². The van der Waals surface area contributed by atoms with Gasteiger partial charge < -0.3 is 4.74 Å². The van der Waals surface area contributed by atoms with Crippen molar-refractivity contribution < 1.29 is 9.53 Å². The smallest absolute Gasteiger partial charge is 0.138 e. The number of ether oxygens (including phenoxy) is 1. The summed E-state index contributed by atoms with van der Waals surface area (Å²) in [4.78, 5) is 15.9. The monoisotopic (exact) mass is 261 g/mol. The van der Waals surface area contributed by atoms with E-state index in [1.54, 1.807) is 6.20 Å². The number of nitrogens with zero attached hydrogens (tertiary/aromatic N) is 1. The van der Waals surface area contributed by atoms with Gasteiger partial charge in [-0.3, -0.25) is 9.78 Å². The largest absolute Gasteiger partial charge is 0.373 e. The lowest BCUT2D eigenvalue weighted by Crippen LogP contribution is -2.19. The molecular formula is C14H12ClNO2. The van der Waals surface area contributed by atoms with Gasteiger partial charge in [-0.2, -0.15) is 0 Å². The van der Waals surface area contributed by atoms with E-state index < -0.39 is 0 Å². The van der Waals surface area contributed by atoms with Gasteiger partial charge in [-0.15, -0.1) is 0 Å². The van der Waals surface area contributed by atoms with Gasteiger partial charge in [-0.1, -0.05) is 17.7 Å². The fraction of sp³-hybridized carbons (Fsp3) is 0.286. The highest BCUT2D eigenvalue weighted by molar-refractivity contribution is 6.35. The minimum Gasteiger partial charge on any atom is -0.373 e. The lowest BCUT2D eigenvalue weighted by molar-refractivity contribution is -0.128. The molecule has 92 valence electrons. The number of hydrogen-bond acceptors (Lipinski definition) is 3. The number of aromatic nitrogens is 1. The maximum Gasteiger partial charge on any atom is 0.138 e. The van der Waals surface area contributed by atoms with Crippen molar-refractivity contribution in [1.82, 2.24) is 4.98 Å². The maximum absolute atomic E-state index is 11.5. The normalized spacial score (nSPS) is 20.3.